The van der Waals surface area contributed by atoms with E-state index in [1.54, 1.807) is 12.1 Å². The zero-order valence-electron chi connectivity index (χ0n) is 12.8. The van der Waals surface area contributed by atoms with Crippen LogP contribution in [0.15, 0.2) is 36.7 Å². The molecule has 0 aliphatic rings. The Kier molecular flexibility index (Phi) is 5.93. The first-order valence-corrected chi connectivity index (χ1v) is 7.73. The van der Waals surface area contributed by atoms with E-state index in [0.717, 1.165) is 37.9 Å². The Morgan fingerprint density at radius 2 is 2.14 bits per heavy atom. The SMILES string of the molecule is CCCNC(Cc1cccc(F)c1)c1cnn(CCC)c1. The molecule has 0 radical (unpaired) electrons. The summed E-state index contributed by atoms with van der Waals surface area (Å²) in [4.78, 5) is 0. The van der Waals surface area contributed by atoms with Crippen molar-refractivity contribution in [3.8, 4) is 0 Å². The van der Waals surface area contributed by atoms with Gasteiger partial charge in [0, 0.05) is 24.3 Å². The highest BCUT2D eigenvalue weighted by Gasteiger charge is 2.14. The van der Waals surface area contributed by atoms with E-state index in [1.165, 1.54) is 11.6 Å². The molecule has 1 N–H and O–H groups in total. The van der Waals surface area contributed by atoms with E-state index in [-0.39, 0.29) is 11.9 Å². The summed E-state index contributed by atoms with van der Waals surface area (Å²) in [5.74, 6) is -0.177. The van der Waals surface area contributed by atoms with Gasteiger partial charge in [-0.1, -0.05) is 26.0 Å². The Bertz CT molecular complexity index is 550. The van der Waals surface area contributed by atoms with Gasteiger partial charge in [-0.25, -0.2) is 4.39 Å². The average Bonchev–Trinajstić information content (AvgIpc) is 2.92. The molecule has 0 spiro atoms. The molecule has 0 aliphatic heterocycles. The number of rotatable bonds is 8. The van der Waals surface area contributed by atoms with Crippen LogP contribution in [0.3, 0.4) is 0 Å². The maximum Gasteiger partial charge on any atom is 0.123 e. The first-order valence-electron chi connectivity index (χ1n) is 7.73. The summed E-state index contributed by atoms with van der Waals surface area (Å²) in [5, 5.41) is 7.93. The molecule has 2 rings (SSSR count). The van der Waals surface area contributed by atoms with Gasteiger partial charge in [0.05, 0.1) is 6.20 Å². The summed E-state index contributed by atoms with van der Waals surface area (Å²) in [7, 11) is 0. The van der Waals surface area contributed by atoms with Gasteiger partial charge in [-0.05, 0) is 43.5 Å². The number of aryl methyl sites for hydroxylation is 1. The van der Waals surface area contributed by atoms with Gasteiger partial charge in [-0.3, -0.25) is 4.68 Å². The molecule has 1 unspecified atom stereocenters. The lowest BCUT2D eigenvalue weighted by molar-refractivity contribution is 0.525. The highest BCUT2D eigenvalue weighted by Crippen LogP contribution is 2.19. The fourth-order valence-electron chi connectivity index (χ4n) is 2.44. The van der Waals surface area contributed by atoms with Crippen molar-refractivity contribution < 1.29 is 4.39 Å². The zero-order chi connectivity index (χ0) is 15.1. The van der Waals surface area contributed by atoms with Crippen LogP contribution in [0.1, 0.15) is 43.9 Å². The molecule has 114 valence electrons. The number of hydrogen-bond acceptors (Lipinski definition) is 2. The van der Waals surface area contributed by atoms with E-state index in [4.69, 9.17) is 0 Å². The Hall–Kier alpha value is -1.68. The minimum atomic E-state index is -0.177. The minimum absolute atomic E-state index is 0.177. The zero-order valence-corrected chi connectivity index (χ0v) is 12.8. The van der Waals surface area contributed by atoms with Crippen molar-refractivity contribution in [1.29, 1.82) is 0 Å². The van der Waals surface area contributed by atoms with Crippen molar-refractivity contribution >= 4 is 0 Å². The van der Waals surface area contributed by atoms with Gasteiger partial charge in [0.1, 0.15) is 5.82 Å². The number of aromatic nitrogens is 2. The normalized spacial score (nSPS) is 12.5. The molecule has 3 nitrogen and oxygen atoms in total. The molecule has 1 aromatic heterocycles. The van der Waals surface area contributed by atoms with Crippen molar-refractivity contribution in [3.05, 3.63) is 53.6 Å². The monoisotopic (exact) mass is 289 g/mol. The van der Waals surface area contributed by atoms with E-state index < -0.39 is 0 Å². The molecule has 1 aromatic carbocycles. The van der Waals surface area contributed by atoms with Crippen LogP contribution in [0.2, 0.25) is 0 Å². The quantitative estimate of drug-likeness (QED) is 0.802. The van der Waals surface area contributed by atoms with Gasteiger partial charge in [0.25, 0.3) is 0 Å². The van der Waals surface area contributed by atoms with Gasteiger partial charge < -0.3 is 5.32 Å². The largest absolute Gasteiger partial charge is 0.310 e. The van der Waals surface area contributed by atoms with Crippen LogP contribution in [-0.2, 0) is 13.0 Å². The lowest BCUT2D eigenvalue weighted by Gasteiger charge is -2.17. The van der Waals surface area contributed by atoms with Crippen molar-refractivity contribution in [3.63, 3.8) is 0 Å². The summed E-state index contributed by atoms with van der Waals surface area (Å²) in [6, 6.07) is 7.01. The highest BCUT2D eigenvalue weighted by atomic mass is 19.1. The Morgan fingerprint density at radius 1 is 1.29 bits per heavy atom. The molecule has 0 bridgehead atoms. The Balaban J connectivity index is 2.12. The molecule has 21 heavy (non-hydrogen) atoms. The van der Waals surface area contributed by atoms with Crippen LogP contribution in [-0.4, -0.2) is 16.3 Å². The fourth-order valence-corrected chi connectivity index (χ4v) is 2.44. The molecule has 2 aromatic rings. The third kappa shape index (κ3) is 4.67. The van der Waals surface area contributed by atoms with Gasteiger partial charge in [-0.15, -0.1) is 0 Å². The van der Waals surface area contributed by atoms with Gasteiger partial charge in [0.15, 0.2) is 0 Å². The van der Waals surface area contributed by atoms with Crippen molar-refractivity contribution in [1.82, 2.24) is 15.1 Å². The summed E-state index contributed by atoms with van der Waals surface area (Å²) in [6.45, 7) is 6.16. The molecule has 0 saturated heterocycles. The van der Waals surface area contributed by atoms with Crippen LogP contribution >= 0.6 is 0 Å². The first-order chi connectivity index (χ1) is 10.2. The molecule has 0 fully saturated rings. The lowest BCUT2D eigenvalue weighted by Crippen LogP contribution is -2.23. The molecular weight excluding hydrogens is 265 g/mol. The summed E-state index contributed by atoms with van der Waals surface area (Å²) < 4.78 is 15.3. The van der Waals surface area contributed by atoms with Crippen LogP contribution in [0, 0.1) is 5.82 Å². The number of hydrogen-bond donors (Lipinski definition) is 1. The predicted octanol–water partition coefficient (Wildman–Crippen LogP) is 3.72. The number of nitrogens with one attached hydrogen (secondary N) is 1. The molecule has 0 amide bonds. The van der Waals surface area contributed by atoms with Crippen molar-refractivity contribution in [2.75, 3.05) is 6.54 Å². The molecule has 1 atom stereocenters. The van der Waals surface area contributed by atoms with Gasteiger partial charge in [0.2, 0.25) is 0 Å². The summed E-state index contributed by atoms with van der Waals surface area (Å²) in [6.07, 6.45) is 6.93. The summed E-state index contributed by atoms with van der Waals surface area (Å²) >= 11 is 0. The number of nitrogens with zero attached hydrogens (tertiary/aromatic N) is 2. The maximum absolute atomic E-state index is 13.3. The standard InChI is InChI=1S/C17H24FN3/c1-3-8-19-17(11-14-6-5-7-16(18)10-14)15-12-20-21(13-15)9-4-2/h5-7,10,12-13,17,19H,3-4,8-9,11H2,1-2H3. The van der Waals surface area contributed by atoms with Crippen molar-refractivity contribution in [2.24, 2.45) is 0 Å². The maximum atomic E-state index is 13.3. The van der Waals surface area contributed by atoms with E-state index >= 15 is 0 Å². The number of benzene rings is 1. The Morgan fingerprint density at radius 3 is 2.86 bits per heavy atom. The second-order valence-corrected chi connectivity index (χ2v) is 5.38. The topological polar surface area (TPSA) is 29.9 Å². The lowest BCUT2D eigenvalue weighted by atomic mass is 10.0. The molecule has 4 heteroatoms. The smallest absolute Gasteiger partial charge is 0.123 e. The molecule has 0 saturated carbocycles. The van der Waals surface area contributed by atoms with Gasteiger partial charge in [-0.2, -0.15) is 5.10 Å². The summed E-state index contributed by atoms with van der Waals surface area (Å²) in [5.41, 5.74) is 2.17. The molecular formula is C17H24FN3. The second-order valence-electron chi connectivity index (χ2n) is 5.38. The minimum Gasteiger partial charge on any atom is -0.310 e. The average molecular weight is 289 g/mol. The fraction of sp³-hybridized carbons (Fsp3) is 0.471. The van der Waals surface area contributed by atoms with E-state index in [1.807, 2.05) is 16.9 Å². The molecule has 0 aliphatic carbocycles. The van der Waals surface area contributed by atoms with Crippen molar-refractivity contribution in [2.45, 2.75) is 45.7 Å². The third-order valence-corrected chi connectivity index (χ3v) is 3.48. The van der Waals surface area contributed by atoms with Crippen LogP contribution in [0.5, 0.6) is 0 Å². The highest BCUT2D eigenvalue weighted by molar-refractivity contribution is 5.21. The van der Waals surface area contributed by atoms with Crippen LogP contribution in [0.4, 0.5) is 4.39 Å². The van der Waals surface area contributed by atoms with Gasteiger partial charge >= 0.3 is 0 Å². The first kappa shape index (κ1) is 15.7. The van der Waals surface area contributed by atoms with Crippen LogP contribution < -0.4 is 5.32 Å². The van der Waals surface area contributed by atoms with E-state index in [9.17, 15) is 4.39 Å². The second kappa shape index (κ2) is 7.93. The predicted molar refractivity (Wildman–Crippen MR) is 83.7 cm³/mol. The molecule has 1 heterocycles. The van der Waals surface area contributed by atoms with Crippen LogP contribution in [0.25, 0.3) is 0 Å². The number of halogens is 1. The van der Waals surface area contributed by atoms with E-state index in [2.05, 4.69) is 30.5 Å². The Labute approximate surface area is 126 Å². The third-order valence-electron chi connectivity index (χ3n) is 3.48. The van der Waals surface area contributed by atoms with E-state index in [0.29, 0.717) is 0 Å².